The Labute approximate surface area is 116 Å². The number of nitro groups is 1. The maximum absolute atomic E-state index is 12.0. The molecule has 20 heavy (non-hydrogen) atoms. The number of hydrogen-bond donors (Lipinski definition) is 3. The maximum Gasteiger partial charge on any atom is 0.311 e. The van der Waals surface area contributed by atoms with E-state index in [1.807, 2.05) is 13.8 Å². The molecule has 0 aliphatic rings. The van der Waals surface area contributed by atoms with Gasteiger partial charge in [0.25, 0.3) is 0 Å². The Morgan fingerprint density at radius 1 is 1.55 bits per heavy atom. The van der Waals surface area contributed by atoms with Crippen LogP contribution in [-0.4, -0.2) is 34.9 Å². The topological polar surface area (TPSA) is 123 Å². The van der Waals surface area contributed by atoms with E-state index < -0.39 is 11.0 Å². The first kappa shape index (κ1) is 15.8. The molecule has 0 aromatic carbocycles. The van der Waals surface area contributed by atoms with E-state index in [9.17, 15) is 14.9 Å². The first-order valence-electron chi connectivity index (χ1n) is 6.31. The van der Waals surface area contributed by atoms with E-state index in [1.54, 1.807) is 0 Å². The predicted octanol–water partition coefficient (Wildman–Crippen LogP) is 0.501. The highest BCUT2D eigenvalue weighted by molar-refractivity contribution is 5.85. The average Bonchev–Trinajstić information content (AvgIpc) is 2.42. The van der Waals surface area contributed by atoms with Gasteiger partial charge in [-0.1, -0.05) is 13.8 Å². The molecule has 0 aliphatic heterocycles. The lowest BCUT2D eigenvalue weighted by Crippen LogP contribution is -2.44. The SMILES string of the molecule is CC(C)C(Nc1ncccc1[N+](=O)[O-])C(=O)NCCN. The van der Waals surface area contributed by atoms with Crippen molar-refractivity contribution in [3.63, 3.8) is 0 Å². The number of carbonyl (C=O) groups excluding carboxylic acids is 1. The second kappa shape index (κ2) is 7.39. The van der Waals surface area contributed by atoms with Crippen molar-refractivity contribution in [2.75, 3.05) is 18.4 Å². The fraction of sp³-hybridized carbons (Fsp3) is 0.500. The highest BCUT2D eigenvalue weighted by Crippen LogP contribution is 2.22. The van der Waals surface area contributed by atoms with E-state index >= 15 is 0 Å². The minimum Gasteiger partial charge on any atom is -0.353 e. The number of amides is 1. The summed E-state index contributed by atoms with van der Waals surface area (Å²) in [6, 6.07) is 2.20. The van der Waals surface area contributed by atoms with Crippen molar-refractivity contribution >= 4 is 17.4 Å². The molecule has 0 fully saturated rings. The van der Waals surface area contributed by atoms with Gasteiger partial charge in [0.05, 0.1) is 4.92 Å². The van der Waals surface area contributed by atoms with Gasteiger partial charge in [0.2, 0.25) is 11.7 Å². The Kier molecular flexibility index (Phi) is 5.85. The van der Waals surface area contributed by atoms with Crippen LogP contribution in [0.2, 0.25) is 0 Å². The Hall–Kier alpha value is -2.22. The fourth-order valence-corrected chi connectivity index (χ4v) is 1.64. The first-order chi connectivity index (χ1) is 9.47. The summed E-state index contributed by atoms with van der Waals surface area (Å²) >= 11 is 0. The molecular formula is C12H19N5O3. The van der Waals surface area contributed by atoms with Crippen molar-refractivity contribution in [3.8, 4) is 0 Å². The van der Waals surface area contributed by atoms with Crippen LogP contribution >= 0.6 is 0 Å². The molecule has 0 aliphatic carbocycles. The molecule has 1 amide bonds. The molecule has 0 bridgehead atoms. The summed E-state index contributed by atoms with van der Waals surface area (Å²) in [5.74, 6) is -0.237. The fourth-order valence-electron chi connectivity index (χ4n) is 1.64. The molecule has 0 radical (unpaired) electrons. The van der Waals surface area contributed by atoms with Gasteiger partial charge in [0, 0.05) is 25.4 Å². The van der Waals surface area contributed by atoms with Crippen molar-refractivity contribution in [3.05, 3.63) is 28.4 Å². The van der Waals surface area contributed by atoms with Gasteiger partial charge in [-0.15, -0.1) is 0 Å². The van der Waals surface area contributed by atoms with E-state index in [0.717, 1.165) is 0 Å². The van der Waals surface area contributed by atoms with Crippen LogP contribution in [0.3, 0.4) is 0 Å². The molecule has 4 N–H and O–H groups in total. The van der Waals surface area contributed by atoms with Gasteiger partial charge in [0.15, 0.2) is 0 Å². The van der Waals surface area contributed by atoms with Crippen LogP contribution in [-0.2, 0) is 4.79 Å². The first-order valence-corrected chi connectivity index (χ1v) is 6.31. The molecule has 110 valence electrons. The zero-order valence-electron chi connectivity index (χ0n) is 11.5. The number of pyridine rings is 1. The molecule has 1 aromatic heterocycles. The van der Waals surface area contributed by atoms with Gasteiger partial charge >= 0.3 is 5.69 Å². The monoisotopic (exact) mass is 281 g/mol. The van der Waals surface area contributed by atoms with Crippen LogP contribution in [0.5, 0.6) is 0 Å². The van der Waals surface area contributed by atoms with Crippen molar-refractivity contribution in [2.45, 2.75) is 19.9 Å². The lowest BCUT2D eigenvalue weighted by molar-refractivity contribution is -0.384. The highest BCUT2D eigenvalue weighted by Gasteiger charge is 2.25. The van der Waals surface area contributed by atoms with Gasteiger partial charge in [-0.05, 0) is 12.0 Å². The Morgan fingerprint density at radius 2 is 2.25 bits per heavy atom. The number of anilines is 1. The van der Waals surface area contributed by atoms with Crippen molar-refractivity contribution in [2.24, 2.45) is 11.7 Å². The smallest absolute Gasteiger partial charge is 0.311 e. The lowest BCUT2D eigenvalue weighted by atomic mass is 10.0. The number of nitrogens with one attached hydrogen (secondary N) is 2. The van der Waals surface area contributed by atoms with E-state index in [1.165, 1.54) is 18.3 Å². The summed E-state index contributed by atoms with van der Waals surface area (Å²) in [6.07, 6.45) is 1.44. The minimum absolute atomic E-state index is 0.0608. The van der Waals surface area contributed by atoms with E-state index in [4.69, 9.17) is 5.73 Å². The Balaban J connectivity index is 2.91. The van der Waals surface area contributed by atoms with Gasteiger partial charge in [-0.3, -0.25) is 14.9 Å². The summed E-state index contributed by atoms with van der Waals surface area (Å²) in [5.41, 5.74) is 5.17. The molecule has 1 atom stereocenters. The number of hydrogen-bond acceptors (Lipinski definition) is 6. The van der Waals surface area contributed by atoms with Crippen LogP contribution in [0.4, 0.5) is 11.5 Å². The second-order valence-corrected chi connectivity index (χ2v) is 4.57. The van der Waals surface area contributed by atoms with Gasteiger partial charge in [-0.25, -0.2) is 4.98 Å². The van der Waals surface area contributed by atoms with E-state index in [-0.39, 0.29) is 23.3 Å². The van der Waals surface area contributed by atoms with Crippen LogP contribution < -0.4 is 16.4 Å². The van der Waals surface area contributed by atoms with Gasteiger partial charge in [-0.2, -0.15) is 0 Å². The Bertz CT molecular complexity index is 478. The highest BCUT2D eigenvalue weighted by atomic mass is 16.6. The normalized spacial score (nSPS) is 12.0. The minimum atomic E-state index is -0.616. The average molecular weight is 281 g/mol. The molecule has 8 heteroatoms. The Morgan fingerprint density at radius 3 is 2.80 bits per heavy atom. The van der Waals surface area contributed by atoms with Crippen LogP contribution in [0, 0.1) is 16.0 Å². The molecule has 0 saturated carbocycles. The summed E-state index contributed by atoms with van der Waals surface area (Å²) in [6.45, 7) is 4.37. The standard InChI is InChI=1S/C12H19N5O3/c1-8(2)10(12(18)15-7-5-13)16-11-9(17(19)20)4-3-6-14-11/h3-4,6,8,10H,5,7,13H2,1-2H3,(H,14,16)(H,15,18). The van der Waals surface area contributed by atoms with Crippen LogP contribution in [0.25, 0.3) is 0 Å². The molecular weight excluding hydrogens is 262 g/mol. The van der Waals surface area contributed by atoms with Crippen LogP contribution in [0.1, 0.15) is 13.8 Å². The van der Waals surface area contributed by atoms with Crippen molar-refractivity contribution in [1.82, 2.24) is 10.3 Å². The third kappa shape index (κ3) is 4.16. The molecule has 0 saturated heterocycles. The van der Waals surface area contributed by atoms with E-state index in [0.29, 0.717) is 13.1 Å². The molecule has 1 unspecified atom stereocenters. The van der Waals surface area contributed by atoms with Gasteiger partial charge < -0.3 is 16.4 Å². The summed E-state index contributed by atoms with van der Waals surface area (Å²) in [7, 11) is 0. The second-order valence-electron chi connectivity index (χ2n) is 4.57. The van der Waals surface area contributed by atoms with Crippen LogP contribution in [0.15, 0.2) is 18.3 Å². The van der Waals surface area contributed by atoms with E-state index in [2.05, 4.69) is 15.6 Å². The summed E-state index contributed by atoms with van der Waals surface area (Å²) in [4.78, 5) is 26.3. The quantitative estimate of drug-likeness (QED) is 0.494. The number of nitrogens with zero attached hydrogens (tertiary/aromatic N) is 2. The lowest BCUT2D eigenvalue weighted by Gasteiger charge is -2.21. The van der Waals surface area contributed by atoms with Crippen molar-refractivity contribution < 1.29 is 9.72 Å². The van der Waals surface area contributed by atoms with Gasteiger partial charge in [0.1, 0.15) is 6.04 Å². The third-order valence-electron chi connectivity index (χ3n) is 2.67. The molecule has 1 rings (SSSR count). The summed E-state index contributed by atoms with van der Waals surface area (Å²) < 4.78 is 0. The number of carbonyl (C=O) groups is 1. The maximum atomic E-state index is 12.0. The number of rotatable bonds is 7. The number of nitrogens with two attached hydrogens (primary N) is 1. The third-order valence-corrected chi connectivity index (χ3v) is 2.67. The zero-order valence-corrected chi connectivity index (χ0v) is 11.5. The predicted molar refractivity (Wildman–Crippen MR) is 75.2 cm³/mol. The van der Waals surface area contributed by atoms with Crippen molar-refractivity contribution in [1.29, 1.82) is 0 Å². The number of aromatic nitrogens is 1. The molecule has 8 nitrogen and oxygen atoms in total. The molecule has 1 heterocycles. The molecule has 1 aromatic rings. The largest absolute Gasteiger partial charge is 0.353 e. The molecule has 0 spiro atoms. The summed E-state index contributed by atoms with van der Waals surface area (Å²) in [5, 5.41) is 16.4. The zero-order chi connectivity index (χ0) is 15.1.